The highest BCUT2D eigenvalue weighted by Gasteiger charge is 2.12. The zero-order valence-corrected chi connectivity index (χ0v) is 13.5. The zero-order valence-electron chi connectivity index (χ0n) is 10.4. The Hall–Kier alpha value is -1.56. The number of rotatable bonds is 3. The molecule has 0 radical (unpaired) electrons. The van der Waals surface area contributed by atoms with Crippen molar-refractivity contribution in [1.82, 2.24) is 0 Å². The maximum Gasteiger partial charge on any atom is 0.337 e. The Morgan fingerprint density at radius 2 is 1.81 bits per heavy atom. The molecule has 0 bridgehead atoms. The number of carboxylic acid groups (broad SMARTS) is 1. The molecule has 4 nitrogen and oxygen atoms in total. The van der Waals surface area contributed by atoms with Crippen LogP contribution in [0, 0.1) is 0 Å². The summed E-state index contributed by atoms with van der Waals surface area (Å²) >= 11 is 15.0. The Morgan fingerprint density at radius 3 is 2.38 bits per heavy atom. The van der Waals surface area contributed by atoms with Crippen molar-refractivity contribution < 1.29 is 14.7 Å². The van der Waals surface area contributed by atoms with E-state index in [-0.39, 0.29) is 16.5 Å². The molecule has 1 amide bonds. The Morgan fingerprint density at radius 1 is 1.10 bits per heavy atom. The maximum atomic E-state index is 12.1. The Labute approximate surface area is 138 Å². The van der Waals surface area contributed by atoms with Gasteiger partial charge in [-0.25, -0.2) is 4.79 Å². The van der Waals surface area contributed by atoms with Gasteiger partial charge in [0, 0.05) is 20.7 Å². The second kappa shape index (κ2) is 6.47. The van der Waals surface area contributed by atoms with Crippen LogP contribution in [-0.4, -0.2) is 17.0 Å². The van der Waals surface area contributed by atoms with Crippen molar-refractivity contribution in [3.05, 3.63) is 62.0 Å². The lowest BCUT2D eigenvalue weighted by Gasteiger charge is -2.08. The first kappa shape index (κ1) is 15.8. The molecule has 0 saturated heterocycles. The first-order valence-corrected chi connectivity index (χ1v) is 7.22. The molecule has 2 rings (SSSR count). The third-order valence-electron chi connectivity index (χ3n) is 2.58. The number of halogens is 3. The number of carboxylic acids is 1. The Balaban J connectivity index is 2.23. The maximum absolute atomic E-state index is 12.1. The third kappa shape index (κ3) is 3.97. The van der Waals surface area contributed by atoms with Gasteiger partial charge in [-0.3, -0.25) is 4.79 Å². The molecule has 0 heterocycles. The van der Waals surface area contributed by atoms with Crippen LogP contribution in [-0.2, 0) is 0 Å². The van der Waals surface area contributed by atoms with Gasteiger partial charge >= 0.3 is 5.97 Å². The molecule has 0 aromatic heterocycles. The summed E-state index contributed by atoms with van der Waals surface area (Å²) in [5.41, 5.74) is 0.735. The minimum absolute atomic E-state index is 0.0276. The molecule has 2 aromatic carbocycles. The van der Waals surface area contributed by atoms with E-state index in [4.69, 9.17) is 28.3 Å². The molecule has 0 aliphatic carbocycles. The van der Waals surface area contributed by atoms with Crippen LogP contribution < -0.4 is 5.32 Å². The number of aromatic carboxylic acids is 1. The molecule has 0 atom stereocenters. The van der Waals surface area contributed by atoms with Crippen LogP contribution in [0.15, 0.2) is 40.9 Å². The molecule has 0 saturated carbocycles. The van der Waals surface area contributed by atoms with Crippen molar-refractivity contribution in [1.29, 1.82) is 0 Å². The number of nitrogens with one attached hydrogen (secondary N) is 1. The van der Waals surface area contributed by atoms with E-state index in [9.17, 15) is 9.59 Å². The van der Waals surface area contributed by atoms with E-state index >= 15 is 0 Å². The quantitative estimate of drug-likeness (QED) is 0.800. The normalized spacial score (nSPS) is 10.2. The van der Waals surface area contributed by atoms with Gasteiger partial charge in [0.25, 0.3) is 5.91 Å². The van der Waals surface area contributed by atoms with Gasteiger partial charge < -0.3 is 10.4 Å². The number of benzene rings is 2. The number of hydrogen-bond acceptors (Lipinski definition) is 2. The molecule has 108 valence electrons. The van der Waals surface area contributed by atoms with Crippen LogP contribution in [0.4, 0.5) is 5.69 Å². The first-order chi connectivity index (χ1) is 9.86. The summed E-state index contributed by atoms with van der Waals surface area (Å²) in [5.74, 6) is -1.51. The summed E-state index contributed by atoms with van der Waals surface area (Å²) in [7, 11) is 0. The smallest absolute Gasteiger partial charge is 0.337 e. The molecule has 0 aliphatic rings. The predicted octanol–water partition coefficient (Wildman–Crippen LogP) is 4.71. The van der Waals surface area contributed by atoms with E-state index in [1.54, 1.807) is 12.1 Å². The number of amides is 1. The van der Waals surface area contributed by atoms with Crippen LogP contribution >= 0.6 is 39.1 Å². The second-order valence-corrected chi connectivity index (χ2v) is 5.87. The van der Waals surface area contributed by atoms with Gasteiger partial charge in [0.1, 0.15) is 0 Å². The highest BCUT2D eigenvalue weighted by atomic mass is 79.9. The summed E-state index contributed by atoms with van der Waals surface area (Å²) in [5, 5.41) is 12.0. The number of hydrogen-bond donors (Lipinski definition) is 2. The monoisotopic (exact) mass is 387 g/mol. The summed E-state index contributed by atoms with van der Waals surface area (Å²) in [6.45, 7) is 0. The molecular weight excluding hydrogens is 381 g/mol. The van der Waals surface area contributed by atoms with Crippen LogP contribution in [0.1, 0.15) is 20.7 Å². The molecule has 2 aromatic rings. The Kier molecular flexibility index (Phi) is 4.88. The van der Waals surface area contributed by atoms with Crippen molar-refractivity contribution in [3.8, 4) is 0 Å². The molecule has 2 N–H and O–H groups in total. The molecule has 21 heavy (non-hydrogen) atoms. The third-order valence-corrected chi connectivity index (χ3v) is 3.57. The van der Waals surface area contributed by atoms with Gasteiger partial charge in [-0.15, -0.1) is 0 Å². The molecular formula is C14H8BrCl2NO3. The van der Waals surface area contributed by atoms with E-state index < -0.39 is 5.97 Å². The van der Waals surface area contributed by atoms with E-state index in [1.165, 1.54) is 24.3 Å². The standard InChI is InChI=1S/C14H8BrCl2NO3/c15-8-3-7(4-9(16)5-8)13(19)18-10-1-2-11(14(20)21)12(17)6-10/h1-6H,(H,18,19)(H,20,21). The van der Waals surface area contributed by atoms with Gasteiger partial charge in [0.05, 0.1) is 10.6 Å². The molecule has 0 fully saturated rings. The summed E-state index contributed by atoms with van der Waals surface area (Å²) in [6, 6.07) is 8.98. The predicted molar refractivity (Wildman–Crippen MR) is 85.5 cm³/mol. The van der Waals surface area contributed by atoms with Crippen molar-refractivity contribution >= 4 is 56.7 Å². The second-order valence-electron chi connectivity index (χ2n) is 4.11. The number of carbonyl (C=O) groups excluding carboxylic acids is 1. The lowest BCUT2D eigenvalue weighted by Crippen LogP contribution is -2.12. The van der Waals surface area contributed by atoms with Gasteiger partial charge in [-0.05, 0) is 36.4 Å². The number of carbonyl (C=O) groups is 2. The van der Waals surface area contributed by atoms with Crippen molar-refractivity contribution in [2.24, 2.45) is 0 Å². The Bertz CT molecular complexity index is 714. The van der Waals surface area contributed by atoms with Crippen LogP contribution in [0.25, 0.3) is 0 Å². The molecule has 0 spiro atoms. The van der Waals surface area contributed by atoms with E-state index in [0.717, 1.165) is 0 Å². The van der Waals surface area contributed by atoms with Crippen LogP contribution in [0.2, 0.25) is 10.0 Å². The van der Waals surface area contributed by atoms with E-state index in [2.05, 4.69) is 21.2 Å². The largest absolute Gasteiger partial charge is 0.478 e. The zero-order chi connectivity index (χ0) is 15.6. The molecule has 0 unspecified atom stereocenters. The average molecular weight is 389 g/mol. The van der Waals surface area contributed by atoms with Gasteiger partial charge in [0.2, 0.25) is 0 Å². The summed E-state index contributed by atoms with van der Waals surface area (Å²) in [4.78, 5) is 23.0. The average Bonchev–Trinajstić information content (AvgIpc) is 2.37. The molecule has 7 heteroatoms. The van der Waals surface area contributed by atoms with Gasteiger partial charge in [0.15, 0.2) is 0 Å². The fraction of sp³-hybridized carbons (Fsp3) is 0. The van der Waals surface area contributed by atoms with Gasteiger partial charge in [-0.2, -0.15) is 0 Å². The highest BCUT2D eigenvalue weighted by Crippen LogP contribution is 2.23. The topological polar surface area (TPSA) is 66.4 Å². The van der Waals surface area contributed by atoms with Crippen molar-refractivity contribution in [2.75, 3.05) is 5.32 Å². The molecule has 0 aliphatic heterocycles. The lowest BCUT2D eigenvalue weighted by atomic mass is 10.2. The van der Waals surface area contributed by atoms with E-state index in [0.29, 0.717) is 20.7 Å². The van der Waals surface area contributed by atoms with E-state index in [1.807, 2.05) is 0 Å². The fourth-order valence-electron chi connectivity index (χ4n) is 1.65. The number of anilines is 1. The lowest BCUT2D eigenvalue weighted by molar-refractivity contribution is 0.0697. The summed E-state index contributed by atoms with van der Waals surface area (Å²) < 4.78 is 0.680. The van der Waals surface area contributed by atoms with Crippen LogP contribution in [0.3, 0.4) is 0 Å². The minimum atomic E-state index is -1.13. The van der Waals surface area contributed by atoms with Crippen molar-refractivity contribution in [2.45, 2.75) is 0 Å². The first-order valence-electron chi connectivity index (χ1n) is 5.67. The van der Waals surface area contributed by atoms with Gasteiger partial charge in [-0.1, -0.05) is 39.1 Å². The fourth-order valence-corrected chi connectivity index (χ4v) is 2.78. The van der Waals surface area contributed by atoms with Crippen molar-refractivity contribution in [3.63, 3.8) is 0 Å². The van der Waals surface area contributed by atoms with Crippen LogP contribution in [0.5, 0.6) is 0 Å². The SMILES string of the molecule is O=C(Nc1ccc(C(=O)O)c(Cl)c1)c1cc(Cl)cc(Br)c1. The highest BCUT2D eigenvalue weighted by molar-refractivity contribution is 9.10. The minimum Gasteiger partial charge on any atom is -0.478 e. The summed E-state index contributed by atoms with van der Waals surface area (Å²) in [6.07, 6.45) is 0.